The summed E-state index contributed by atoms with van der Waals surface area (Å²) in [4.78, 5) is 26.1. The van der Waals surface area contributed by atoms with Gasteiger partial charge in [-0.15, -0.1) is 21.5 Å². The number of ketones is 1. The Labute approximate surface area is 202 Å². The molecule has 1 aliphatic carbocycles. The Balaban J connectivity index is 1.32. The molecule has 172 valence electrons. The molecule has 0 radical (unpaired) electrons. The lowest BCUT2D eigenvalue weighted by Gasteiger charge is -2.25. The molecule has 3 aromatic rings. The van der Waals surface area contributed by atoms with Crippen molar-refractivity contribution in [1.29, 1.82) is 0 Å². The van der Waals surface area contributed by atoms with Crippen molar-refractivity contribution in [2.24, 2.45) is 0 Å². The second-order valence-corrected chi connectivity index (χ2v) is 10.8. The summed E-state index contributed by atoms with van der Waals surface area (Å²) in [6, 6.07) is 10.3. The van der Waals surface area contributed by atoms with Crippen LogP contribution >= 0.6 is 23.1 Å². The van der Waals surface area contributed by atoms with Crippen molar-refractivity contribution in [3.05, 3.63) is 57.5 Å². The zero-order chi connectivity index (χ0) is 22.6. The third kappa shape index (κ3) is 5.22. The number of amides is 1. The first-order valence-electron chi connectivity index (χ1n) is 11.7. The highest BCUT2D eigenvalue weighted by molar-refractivity contribution is 7.99. The first-order valence-corrected chi connectivity index (χ1v) is 13.6. The number of carbonyl (C=O) groups is 2. The van der Waals surface area contributed by atoms with E-state index in [-0.39, 0.29) is 11.7 Å². The van der Waals surface area contributed by atoms with Crippen LogP contribution in [-0.2, 0) is 17.6 Å². The van der Waals surface area contributed by atoms with E-state index in [1.165, 1.54) is 35.9 Å². The average molecular weight is 481 g/mol. The fourth-order valence-electron chi connectivity index (χ4n) is 4.76. The van der Waals surface area contributed by atoms with Crippen LogP contribution in [0, 0.1) is 0 Å². The molecule has 1 saturated carbocycles. The van der Waals surface area contributed by atoms with Crippen LogP contribution in [-0.4, -0.2) is 32.2 Å². The SMILES string of the molecule is O=C1CCCc2cc(C(=O)CSc3nnc(Cc4cccs4)n3C3CCCCC3)ccc2N1. The van der Waals surface area contributed by atoms with Gasteiger partial charge in [-0.1, -0.05) is 37.1 Å². The van der Waals surface area contributed by atoms with Gasteiger partial charge < -0.3 is 9.88 Å². The number of hydrogen-bond acceptors (Lipinski definition) is 6. The second kappa shape index (κ2) is 10.2. The van der Waals surface area contributed by atoms with Crippen LogP contribution in [0.15, 0.2) is 40.9 Å². The number of anilines is 1. The monoisotopic (exact) mass is 480 g/mol. The molecule has 1 aromatic carbocycles. The van der Waals surface area contributed by atoms with E-state index in [2.05, 4.69) is 37.6 Å². The van der Waals surface area contributed by atoms with Gasteiger partial charge in [0.05, 0.1) is 5.75 Å². The van der Waals surface area contributed by atoms with Crippen LogP contribution in [0.4, 0.5) is 5.69 Å². The number of nitrogens with one attached hydrogen (secondary N) is 1. The summed E-state index contributed by atoms with van der Waals surface area (Å²) in [5.41, 5.74) is 2.57. The fraction of sp³-hybridized carbons (Fsp3) is 0.440. The standard InChI is InChI=1S/C25H28N4O2S2/c30-22(18-11-12-21-17(14-18)6-4-10-24(31)26-21)16-33-25-28-27-23(15-20-9-5-13-32-20)29(25)19-7-2-1-3-8-19/h5,9,11-14,19H,1-4,6-8,10,15-16H2,(H,26,31). The van der Waals surface area contributed by atoms with Crippen molar-refractivity contribution >= 4 is 40.5 Å². The van der Waals surface area contributed by atoms with E-state index < -0.39 is 0 Å². The van der Waals surface area contributed by atoms with Gasteiger partial charge in [-0.05, 0) is 60.9 Å². The quantitative estimate of drug-likeness (QED) is 0.347. The summed E-state index contributed by atoms with van der Waals surface area (Å²) in [7, 11) is 0. The zero-order valence-corrected chi connectivity index (χ0v) is 20.2. The van der Waals surface area contributed by atoms with Crippen LogP contribution < -0.4 is 5.32 Å². The number of aryl methyl sites for hydroxylation is 1. The Kier molecular flexibility index (Phi) is 6.92. The van der Waals surface area contributed by atoms with E-state index in [1.54, 1.807) is 11.3 Å². The van der Waals surface area contributed by atoms with Gasteiger partial charge in [0.1, 0.15) is 5.82 Å². The topological polar surface area (TPSA) is 76.9 Å². The van der Waals surface area contributed by atoms with E-state index in [9.17, 15) is 9.59 Å². The van der Waals surface area contributed by atoms with Crippen molar-refractivity contribution in [2.75, 3.05) is 11.1 Å². The maximum Gasteiger partial charge on any atom is 0.224 e. The van der Waals surface area contributed by atoms with Crippen LogP contribution in [0.3, 0.4) is 0 Å². The molecule has 33 heavy (non-hydrogen) atoms. The van der Waals surface area contributed by atoms with Gasteiger partial charge in [0.15, 0.2) is 10.9 Å². The predicted octanol–water partition coefficient (Wildman–Crippen LogP) is 5.69. The Hall–Kier alpha value is -2.45. The Morgan fingerprint density at radius 3 is 2.82 bits per heavy atom. The highest BCUT2D eigenvalue weighted by Gasteiger charge is 2.24. The van der Waals surface area contributed by atoms with E-state index in [0.29, 0.717) is 23.8 Å². The molecule has 1 fully saturated rings. The molecule has 5 rings (SSSR count). The van der Waals surface area contributed by atoms with Gasteiger partial charge in [-0.3, -0.25) is 9.59 Å². The fourth-order valence-corrected chi connectivity index (χ4v) is 6.38. The lowest BCUT2D eigenvalue weighted by atomic mass is 9.95. The van der Waals surface area contributed by atoms with E-state index in [0.717, 1.165) is 54.3 Å². The first kappa shape index (κ1) is 22.3. The summed E-state index contributed by atoms with van der Waals surface area (Å²) in [5, 5.41) is 14.9. The molecule has 1 amide bonds. The molecule has 8 heteroatoms. The minimum Gasteiger partial charge on any atom is -0.326 e. The van der Waals surface area contributed by atoms with Crippen molar-refractivity contribution < 1.29 is 9.59 Å². The molecule has 0 bridgehead atoms. The predicted molar refractivity (Wildman–Crippen MR) is 132 cm³/mol. The number of thioether (sulfide) groups is 1. The maximum atomic E-state index is 13.0. The zero-order valence-electron chi connectivity index (χ0n) is 18.6. The summed E-state index contributed by atoms with van der Waals surface area (Å²) in [6.45, 7) is 0. The molecular formula is C25H28N4O2S2. The number of rotatable bonds is 7. The number of Topliss-reactive ketones (excluding diaryl/α,β-unsaturated/α-hetero) is 1. The number of thiophene rings is 1. The van der Waals surface area contributed by atoms with Crippen LogP contribution in [0.5, 0.6) is 0 Å². The molecule has 0 spiro atoms. The van der Waals surface area contributed by atoms with Crippen molar-refractivity contribution in [3.8, 4) is 0 Å². The first-order chi connectivity index (χ1) is 16.2. The number of benzene rings is 1. The Morgan fingerprint density at radius 1 is 1.12 bits per heavy atom. The largest absolute Gasteiger partial charge is 0.326 e. The maximum absolute atomic E-state index is 13.0. The minimum atomic E-state index is 0.0452. The second-order valence-electron chi connectivity index (χ2n) is 8.80. The van der Waals surface area contributed by atoms with Crippen LogP contribution in [0.1, 0.15) is 77.6 Å². The highest BCUT2D eigenvalue weighted by Crippen LogP contribution is 2.34. The van der Waals surface area contributed by atoms with E-state index in [4.69, 9.17) is 0 Å². The molecule has 1 N–H and O–H groups in total. The van der Waals surface area contributed by atoms with Gasteiger partial charge in [0.25, 0.3) is 0 Å². The number of aromatic nitrogens is 3. The molecule has 3 heterocycles. The Bertz CT molecular complexity index is 1130. The number of carbonyl (C=O) groups excluding carboxylic acids is 2. The molecule has 0 saturated heterocycles. The van der Waals surface area contributed by atoms with E-state index >= 15 is 0 Å². The molecule has 2 aliphatic rings. The normalized spacial score (nSPS) is 16.8. The highest BCUT2D eigenvalue weighted by atomic mass is 32.2. The summed E-state index contributed by atoms with van der Waals surface area (Å²) in [6.07, 6.45) is 8.98. The summed E-state index contributed by atoms with van der Waals surface area (Å²) < 4.78 is 2.31. The summed E-state index contributed by atoms with van der Waals surface area (Å²) in [5.74, 6) is 1.45. The number of nitrogens with zero attached hydrogens (tertiary/aromatic N) is 3. The molecule has 0 unspecified atom stereocenters. The average Bonchev–Trinajstić information content (AvgIpc) is 3.44. The third-order valence-corrected chi connectivity index (χ3v) is 8.29. The molecule has 0 atom stereocenters. The van der Waals surface area contributed by atoms with Gasteiger partial charge in [-0.25, -0.2) is 0 Å². The van der Waals surface area contributed by atoms with Crippen LogP contribution in [0.25, 0.3) is 0 Å². The van der Waals surface area contributed by atoms with Gasteiger partial charge in [0, 0.05) is 35.0 Å². The molecular weight excluding hydrogens is 452 g/mol. The van der Waals surface area contributed by atoms with Crippen molar-refractivity contribution in [2.45, 2.75) is 69.0 Å². The van der Waals surface area contributed by atoms with Crippen molar-refractivity contribution in [3.63, 3.8) is 0 Å². The van der Waals surface area contributed by atoms with E-state index in [1.807, 2.05) is 18.2 Å². The molecule has 6 nitrogen and oxygen atoms in total. The lowest BCUT2D eigenvalue weighted by Crippen LogP contribution is -2.17. The number of fused-ring (bicyclic) bond motifs is 1. The smallest absolute Gasteiger partial charge is 0.224 e. The molecule has 2 aromatic heterocycles. The summed E-state index contributed by atoms with van der Waals surface area (Å²) >= 11 is 3.23. The van der Waals surface area contributed by atoms with Crippen LogP contribution in [0.2, 0.25) is 0 Å². The molecule has 1 aliphatic heterocycles. The van der Waals surface area contributed by atoms with Gasteiger partial charge in [0.2, 0.25) is 5.91 Å². The third-order valence-electron chi connectivity index (χ3n) is 6.47. The van der Waals surface area contributed by atoms with Gasteiger partial charge >= 0.3 is 0 Å². The van der Waals surface area contributed by atoms with Crippen molar-refractivity contribution in [1.82, 2.24) is 14.8 Å². The Morgan fingerprint density at radius 2 is 2.00 bits per heavy atom. The lowest BCUT2D eigenvalue weighted by molar-refractivity contribution is -0.116. The van der Waals surface area contributed by atoms with Gasteiger partial charge in [-0.2, -0.15) is 0 Å². The minimum absolute atomic E-state index is 0.0452. The number of hydrogen-bond donors (Lipinski definition) is 1.